The summed E-state index contributed by atoms with van der Waals surface area (Å²) in [5.41, 5.74) is 13.4. The van der Waals surface area contributed by atoms with Gasteiger partial charge in [-0.3, -0.25) is 0 Å². The van der Waals surface area contributed by atoms with Crippen molar-refractivity contribution in [1.29, 1.82) is 0 Å². The van der Waals surface area contributed by atoms with Crippen LogP contribution >= 0.6 is 11.6 Å². The first-order chi connectivity index (χ1) is 11.4. The van der Waals surface area contributed by atoms with Crippen LogP contribution in [0.2, 0.25) is 5.02 Å². The van der Waals surface area contributed by atoms with Crippen LogP contribution in [-0.2, 0) is 9.84 Å². The summed E-state index contributed by atoms with van der Waals surface area (Å²) in [6.07, 6.45) is 0. The smallest absolute Gasteiger partial charge is 0.182 e. The maximum atomic E-state index is 13.1. The van der Waals surface area contributed by atoms with Gasteiger partial charge in [0.15, 0.2) is 9.84 Å². The Morgan fingerprint density at radius 1 is 1.00 bits per heavy atom. The molecule has 0 heterocycles. The van der Waals surface area contributed by atoms with Crippen LogP contribution in [-0.4, -0.2) is 26.8 Å². The van der Waals surface area contributed by atoms with Crippen LogP contribution in [0.15, 0.2) is 53.4 Å². The SMILES string of the molecule is Cc1ccc(C2C(S(=O)(=O)c3ccc(Cl)cc3)C2(CN)CN)cc1. The molecule has 2 aromatic carbocycles. The van der Waals surface area contributed by atoms with Gasteiger partial charge in [-0.2, -0.15) is 0 Å². The first-order valence-corrected chi connectivity index (χ1v) is 9.75. The Bertz CT molecular complexity index is 828. The maximum Gasteiger partial charge on any atom is 0.182 e. The molecule has 0 bridgehead atoms. The molecule has 0 amide bonds. The third kappa shape index (κ3) is 2.65. The fraction of sp³-hybridized carbons (Fsp3) is 0.333. The molecule has 0 saturated heterocycles. The minimum atomic E-state index is -3.54. The van der Waals surface area contributed by atoms with Crippen molar-refractivity contribution in [2.45, 2.75) is 23.0 Å². The summed E-state index contributed by atoms with van der Waals surface area (Å²) >= 11 is 5.87. The predicted octanol–water partition coefficient (Wildman–Crippen LogP) is 2.49. The van der Waals surface area contributed by atoms with Crippen LogP contribution in [0.3, 0.4) is 0 Å². The number of hydrogen-bond acceptors (Lipinski definition) is 4. The van der Waals surface area contributed by atoms with Crippen molar-refractivity contribution in [2.75, 3.05) is 13.1 Å². The van der Waals surface area contributed by atoms with Gasteiger partial charge in [0, 0.05) is 29.4 Å². The summed E-state index contributed by atoms with van der Waals surface area (Å²) < 4.78 is 26.3. The van der Waals surface area contributed by atoms with E-state index in [1.165, 1.54) is 0 Å². The van der Waals surface area contributed by atoms with Crippen LogP contribution in [0.4, 0.5) is 0 Å². The zero-order valence-corrected chi connectivity index (χ0v) is 15.0. The molecule has 0 radical (unpaired) electrons. The molecule has 0 aliphatic heterocycles. The highest BCUT2D eigenvalue weighted by molar-refractivity contribution is 7.92. The molecule has 2 unspecified atom stereocenters. The lowest BCUT2D eigenvalue weighted by Gasteiger charge is -2.13. The Morgan fingerprint density at radius 3 is 2.04 bits per heavy atom. The van der Waals surface area contributed by atoms with Crippen LogP contribution < -0.4 is 11.5 Å². The Balaban J connectivity index is 2.04. The molecule has 3 rings (SSSR count). The maximum absolute atomic E-state index is 13.1. The highest BCUT2D eigenvalue weighted by Crippen LogP contribution is 2.62. The van der Waals surface area contributed by atoms with Crippen molar-refractivity contribution in [3.63, 3.8) is 0 Å². The van der Waals surface area contributed by atoms with Crippen molar-refractivity contribution < 1.29 is 8.42 Å². The van der Waals surface area contributed by atoms with Gasteiger partial charge in [0.25, 0.3) is 0 Å². The van der Waals surface area contributed by atoms with Crippen molar-refractivity contribution in [1.82, 2.24) is 0 Å². The molecule has 1 aliphatic rings. The van der Waals surface area contributed by atoms with Gasteiger partial charge in [-0.15, -0.1) is 0 Å². The summed E-state index contributed by atoms with van der Waals surface area (Å²) in [6.45, 7) is 2.47. The van der Waals surface area contributed by atoms with Gasteiger partial charge in [-0.1, -0.05) is 41.4 Å². The standard InChI is InChI=1S/C18H21ClN2O2S/c1-12-2-4-13(5-3-12)16-17(18(16,10-20)11-21)24(22,23)15-8-6-14(19)7-9-15/h2-9,16-17H,10-11,20-21H2,1H3. The van der Waals surface area contributed by atoms with Gasteiger partial charge < -0.3 is 11.5 Å². The molecule has 0 spiro atoms. The second-order valence-electron chi connectivity index (χ2n) is 6.45. The Kier molecular flexibility index (Phi) is 4.47. The summed E-state index contributed by atoms with van der Waals surface area (Å²) in [5.74, 6) is -0.186. The van der Waals surface area contributed by atoms with Crippen molar-refractivity contribution in [2.24, 2.45) is 16.9 Å². The van der Waals surface area contributed by atoms with Crippen molar-refractivity contribution >= 4 is 21.4 Å². The Hall–Kier alpha value is -1.40. The van der Waals surface area contributed by atoms with E-state index in [4.69, 9.17) is 23.1 Å². The van der Waals surface area contributed by atoms with E-state index in [0.29, 0.717) is 5.02 Å². The van der Waals surface area contributed by atoms with Crippen molar-refractivity contribution in [3.8, 4) is 0 Å². The largest absolute Gasteiger partial charge is 0.330 e. The van der Waals surface area contributed by atoms with Crippen LogP contribution in [0.25, 0.3) is 0 Å². The van der Waals surface area contributed by atoms with Crippen LogP contribution in [0.1, 0.15) is 17.0 Å². The van der Waals surface area contributed by atoms with E-state index in [1.54, 1.807) is 24.3 Å². The average molecular weight is 365 g/mol. The number of nitrogens with two attached hydrogens (primary N) is 2. The van der Waals surface area contributed by atoms with Gasteiger partial charge in [-0.25, -0.2) is 8.42 Å². The lowest BCUT2D eigenvalue weighted by Crippen LogP contribution is -2.31. The molecule has 1 fully saturated rings. The molecule has 128 valence electrons. The number of halogens is 1. The van der Waals surface area contributed by atoms with Gasteiger partial charge in [0.05, 0.1) is 10.1 Å². The van der Waals surface area contributed by atoms with Gasteiger partial charge in [0.2, 0.25) is 0 Å². The lowest BCUT2D eigenvalue weighted by molar-refractivity contribution is 0.510. The molecule has 6 heteroatoms. The van der Waals surface area contributed by atoms with E-state index in [-0.39, 0.29) is 23.9 Å². The first-order valence-electron chi connectivity index (χ1n) is 7.83. The van der Waals surface area contributed by atoms with E-state index in [9.17, 15) is 8.42 Å². The Labute approximate surface area is 147 Å². The quantitative estimate of drug-likeness (QED) is 0.853. The zero-order valence-electron chi connectivity index (χ0n) is 13.4. The highest BCUT2D eigenvalue weighted by atomic mass is 35.5. The highest BCUT2D eigenvalue weighted by Gasteiger charge is 2.69. The second kappa shape index (κ2) is 6.15. The number of hydrogen-bond donors (Lipinski definition) is 2. The van der Waals surface area contributed by atoms with E-state index in [0.717, 1.165) is 11.1 Å². The topological polar surface area (TPSA) is 86.2 Å². The molecule has 24 heavy (non-hydrogen) atoms. The lowest BCUT2D eigenvalue weighted by atomic mass is 9.99. The van der Waals surface area contributed by atoms with E-state index >= 15 is 0 Å². The molecule has 0 aromatic heterocycles. The van der Waals surface area contributed by atoms with Gasteiger partial charge in [0.1, 0.15) is 0 Å². The predicted molar refractivity (Wildman–Crippen MR) is 96.9 cm³/mol. The monoisotopic (exact) mass is 364 g/mol. The van der Waals surface area contributed by atoms with Crippen LogP contribution in [0.5, 0.6) is 0 Å². The molecule has 4 nitrogen and oxygen atoms in total. The molecule has 2 atom stereocenters. The fourth-order valence-electron chi connectivity index (χ4n) is 3.56. The number of sulfone groups is 1. The molecular weight excluding hydrogens is 344 g/mol. The minimum Gasteiger partial charge on any atom is -0.330 e. The molecule has 1 saturated carbocycles. The normalized spacial score (nSPS) is 22.3. The summed E-state index contributed by atoms with van der Waals surface area (Å²) in [7, 11) is -3.54. The number of aryl methyl sites for hydroxylation is 1. The summed E-state index contributed by atoms with van der Waals surface area (Å²) in [4.78, 5) is 0.262. The second-order valence-corrected chi connectivity index (χ2v) is 8.96. The van der Waals surface area contributed by atoms with Gasteiger partial charge >= 0.3 is 0 Å². The third-order valence-electron chi connectivity index (χ3n) is 5.05. The molecule has 1 aliphatic carbocycles. The van der Waals surface area contributed by atoms with Crippen LogP contribution in [0, 0.1) is 12.3 Å². The minimum absolute atomic E-state index is 0.186. The molecule has 2 aromatic rings. The molecular formula is C18H21ClN2O2S. The number of benzene rings is 2. The van der Waals surface area contributed by atoms with E-state index < -0.39 is 20.5 Å². The van der Waals surface area contributed by atoms with Crippen molar-refractivity contribution in [3.05, 3.63) is 64.7 Å². The fourth-order valence-corrected chi connectivity index (χ4v) is 6.16. The first kappa shape index (κ1) is 17.4. The summed E-state index contributed by atoms with van der Waals surface area (Å²) in [5, 5.41) is -0.104. The zero-order chi connectivity index (χ0) is 17.5. The van der Waals surface area contributed by atoms with Gasteiger partial charge in [-0.05, 0) is 36.8 Å². The van der Waals surface area contributed by atoms with E-state index in [1.807, 2.05) is 31.2 Å². The average Bonchev–Trinajstić information content (AvgIpc) is 3.26. The summed E-state index contributed by atoms with van der Waals surface area (Å²) in [6, 6.07) is 14.2. The van der Waals surface area contributed by atoms with E-state index in [2.05, 4.69) is 0 Å². The number of rotatable bonds is 5. The molecule has 4 N–H and O–H groups in total. The Morgan fingerprint density at radius 2 is 1.54 bits per heavy atom. The third-order valence-corrected chi connectivity index (χ3v) is 7.64.